The number of pyridine rings is 1. The second-order valence-electron chi connectivity index (χ2n) is 9.36. The van der Waals surface area contributed by atoms with Crippen molar-refractivity contribution in [3.8, 4) is 0 Å². The van der Waals surface area contributed by atoms with Crippen LogP contribution >= 0.6 is 0 Å². The van der Waals surface area contributed by atoms with Gasteiger partial charge in [-0.3, -0.25) is 14.7 Å². The predicted molar refractivity (Wildman–Crippen MR) is 139 cm³/mol. The van der Waals surface area contributed by atoms with E-state index in [0.29, 0.717) is 12.1 Å². The number of nitrogens with zero attached hydrogens (tertiary/aromatic N) is 2. The number of amides is 2. The molecule has 0 aliphatic carbocycles. The molecule has 194 valence electrons. The largest absolute Gasteiger partial charge is 0.445 e. The van der Waals surface area contributed by atoms with Crippen molar-refractivity contribution in [1.82, 2.24) is 15.2 Å². The summed E-state index contributed by atoms with van der Waals surface area (Å²) in [4.78, 5) is 32.3. The number of hydrogen-bond acceptors (Lipinski definition) is 6. The van der Waals surface area contributed by atoms with Crippen molar-refractivity contribution in [1.29, 1.82) is 0 Å². The first-order valence-corrected chi connectivity index (χ1v) is 13.9. The number of carbonyl (C=O) groups excluding carboxylic acids is 2. The molecule has 1 N–H and O–H groups in total. The lowest BCUT2D eigenvalue weighted by atomic mass is 9.99. The zero-order valence-corrected chi connectivity index (χ0v) is 22.0. The van der Waals surface area contributed by atoms with E-state index in [-0.39, 0.29) is 41.7 Å². The Bertz CT molecular complexity index is 1370. The van der Waals surface area contributed by atoms with E-state index in [4.69, 9.17) is 4.74 Å². The number of benzene rings is 2. The van der Waals surface area contributed by atoms with Gasteiger partial charge in [-0.25, -0.2) is 13.2 Å². The molecule has 3 aromatic rings. The van der Waals surface area contributed by atoms with Crippen LogP contribution in [0, 0.1) is 5.92 Å². The lowest BCUT2D eigenvalue weighted by Gasteiger charge is -2.27. The van der Waals surface area contributed by atoms with Crippen LogP contribution in [0.1, 0.15) is 59.6 Å². The third-order valence-corrected chi connectivity index (χ3v) is 8.16. The smallest absolute Gasteiger partial charge is 0.410 e. The van der Waals surface area contributed by atoms with Crippen LogP contribution in [0.2, 0.25) is 0 Å². The SMILES string of the molecule is CCS(=O)(=O)c1ccc(CNC(=O)c2cnc3c(c2)CN(C(=O)OCc2ccccc2)C3C(C)C)cc1. The number of ether oxygens (including phenoxy) is 1. The summed E-state index contributed by atoms with van der Waals surface area (Å²) >= 11 is 0. The van der Waals surface area contributed by atoms with E-state index in [0.717, 1.165) is 22.4 Å². The Hall–Kier alpha value is -3.72. The molecule has 2 amide bonds. The first-order valence-electron chi connectivity index (χ1n) is 12.3. The van der Waals surface area contributed by atoms with Gasteiger partial charge >= 0.3 is 6.09 Å². The Balaban J connectivity index is 1.42. The van der Waals surface area contributed by atoms with Crippen LogP contribution in [0.5, 0.6) is 0 Å². The summed E-state index contributed by atoms with van der Waals surface area (Å²) in [6, 6.07) is 17.5. The number of nitrogens with one attached hydrogen (secondary N) is 1. The number of carbonyl (C=O) groups is 2. The van der Waals surface area contributed by atoms with Gasteiger partial charge in [0, 0.05) is 12.7 Å². The highest BCUT2D eigenvalue weighted by atomic mass is 32.2. The van der Waals surface area contributed by atoms with Gasteiger partial charge in [-0.1, -0.05) is 63.2 Å². The molecule has 1 aliphatic heterocycles. The highest BCUT2D eigenvalue weighted by molar-refractivity contribution is 7.91. The van der Waals surface area contributed by atoms with Crippen LogP contribution in [0.25, 0.3) is 0 Å². The van der Waals surface area contributed by atoms with Gasteiger partial charge in [0.2, 0.25) is 0 Å². The second kappa shape index (κ2) is 11.1. The molecule has 2 aromatic carbocycles. The van der Waals surface area contributed by atoms with Crippen molar-refractivity contribution in [2.45, 2.75) is 51.4 Å². The van der Waals surface area contributed by atoms with E-state index >= 15 is 0 Å². The summed E-state index contributed by atoms with van der Waals surface area (Å²) < 4.78 is 29.5. The van der Waals surface area contributed by atoms with Crippen LogP contribution in [-0.2, 0) is 34.3 Å². The number of rotatable bonds is 8. The van der Waals surface area contributed by atoms with Crippen LogP contribution < -0.4 is 5.32 Å². The van der Waals surface area contributed by atoms with Gasteiger partial charge in [-0.15, -0.1) is 0 Å². The normalized spacial score (nSPS) is 14.9. The summed E-state index contributed by atoms with van der Waals surface area (Å²) in [6.07, 6.45) is 1.11. The number of sulfone groups is 1. The van der Waals surface area contributed by atoms with Crippen LogP contribution in [0.15, 0.2) is 71.8 Å². The Morgan fingerprint density at radius 1 is 1.08 bits per heavy atom. The fraction of sp³-hybridized carbons (Fsp3) is 0.321. The van der Waals surface area contributed by atoms with Gasteiger partial charge in [0.25, 0.3) is 5.91 Å². The molecule has 0 bridgehead atoms. The third kappa shape index (κ3) is 5.99. The average molecular weight is 522 g/mol. The minimum atomic E-state index is -3.27. The lowest BCUT2D eigenvalue weighted by molar-refractivity contribution is 0.0736. The molecule has 1 aliphatic rings. The van der Waals surface area contributed by atoms with E-state index in [1.807, 2.05) is 44.2 Å². The minimum Gasteiger partial charge on any atom is -0.445 e. The maximum absolute atomic E-state index is 12.9. The Morgan fingerprint density at radius 3 is 2.43 bits per heavy atom. The molecule has 0 saturated heterocycles. The minimum absolute atomic E-state index is 0.0360. The van der Waals surface area contributed by atoms with E-state index in [2.05, 4.69) is 10.3 Å². The summed E-state index contributed by atoms with van der Waals surface area (Å²) in [5.41, 5.74) is 3.68. The highest BCUT2D eigenvalue weighted by Gasteiger charge is 2.38. The van der Waals surface area contributed by atoms with Crippen molar-refractivity contribution < 1.29 is 22.7 Å². The Kier molecular flexibility index (Phi) is 7.92. The van der Waals surface area contributed by atoms with Crippen molar-refractivity contribution in [2.75, 3.05) is 5.75 Å². The zero-order valence-electron chi connectivity index (χ0n) is 21.2. The monoisotopic (exact) mass is 521 g/mol. The Labute approximate surface area is 217 Å². The van der Waals surface area contributed by atoms with E-state index in [1.165, 1.54) is 6.20 Å². The number of aromatic nitrogens is 1. The molecule has 0 spiro atoms. The van der Waals surface area contributed by atoms with Crippen molar-refractivity contribution in [2.24, 2.45) is 5.92 Å². The maximum Gasteiger partial charge on any atom is 0.410 e. The standard InChI is InChI=1S/C28H31N3O5S/c1-4-37(34,35)24-12-10-20(11-13-24)15-30-27(32)22-14-23-17-31(26(19(2)3)25(23)29-16-22)28(33)36-18-21-8-6-5-7-9-21/h5-14,16,19,26H,4,15,17-18H2,1-3H3,(H,30,32). The predicted octanol–water partition coefficient (Wildman–Crippen LogP) is 4.65. The first kappa shape index (κ1) is 26.3. The molecule has 37 heavy (non-hydrogen) atoms. The van der Waals surface area contributed by atoms with Crippen LogP contribution in [0.4, 0.5) is 4.79 Å². The summed E-state index contributed by atoms with van der Waals surface area (Å²) in [5.74, 6) is -0.155. The fourth-order valence-corrected chi connectivity index (χ4v) is 5.27. The van der Waals surface area contributed by atoms with Crippen molar-refractivity contribution in [3.63, 3.8) is 0 Å². The molecule has 8 nitrogen and oxygen atoms in total. The molecular weight excluding hydrogens is 490 g/mol. The van der Waals surface area contributed by atoms with Gasteiger partial charge in [0.05, 0.1) is 34.5 Å². The van der Waals surface area contributed by atoms with Gasteiger partial charge in [-0.2, -0.15) is 0 Å². The topological polar surface area (TPSA) is 106 Å². The fourth-order valence-electron chi connectivity index (χ4n) is 4.39. The van der Waals surface area contributed by atoms with Gasteiger partial charge in [0.1, 0.15) is 6.61 Å². The molecule has 0 radical (unpaired) electrons. The first-order chi connectivity index (χ1) is 17.7. The van der Waals surface area contributed by atoms with E-state index in [1.54, 1.807) is 42.2 Å². The zero-order chi connectivity index (χ0) is 26.6. The van der Waals surface area contributed by atoms with Gasteiger partial charge in [-0.05, 0) is 40.8 Å². The molecule has 2 heterocycles. The molecule has 1 unspecified atom stereocenters. The van der Waals surface area contributed by atoms with E-state index in [9.17, 15) is 18.0 Å². The quantitative estimate of drug-likeness (QED) is 0.462. The highest BCUT2D eigenvalue weighted by Crippen LogP contribution is 2.38. The molecular formula is C28H31N3O5S. The lowest BCUT2D eigenvalue weighted by Crippen LogP contribution is -2.32. The van der Waals surface area contributed by atoms with Crippen molar-refractivity contribution in [3.05, 3.63) is 94.8 Å². The summed E-state index contributed by atoms with van der Waals surface area (Å²) in [7, 11) is -3.27. The van der Waals surface area contributed by atoms with Crippen LogP contribution in [-0.4, -0.2) is 36.1 Å². The van der Waals surface area contributed by atoms with Crippen LogP contribution in [0.3, 0.4) is 0 Å². The molecule has 4 rings (SSSR count). The molecule has 9 heteroatoms. The molecule has 1 atom stereocenters. The molecule has 1 aromatic heterocycles. The Morgan fingerprint density at radius 2 is 1.78 bits per heavy atom. The average Bonchev–Trinajstić information content (AvgIpc) is 3.30. The number of hydrogen-bond donors (Lipinski definition) is 1. The summed E-state index contributed by atoms with van der Waals surface area (Å²) in [6.45, 7) is 6.39. The maximum atomic E-state index is 12.9. The second-order valence-corrected chi connectivity index (χ2v) is 11.6. The molecule has 0 fully saturated rings. The van der Waals surface area contributed by atoms with E-state index < -0.39 is 15.9 Å². The number of fused-ring (bicyclic) bond motifs is 1. The molecule has 0 saturated carbocycles. The third-order valence-electron chi connectivity index (χ3n) is 6.41. The van der Waals surface area contributed by atoms with Crippen molar-refractivity contribution >= 4 is 21.8 Å². The van der Waals surface area contributed by atoms with Gasteiger partial charge in [0.15, 0.2) is 9.84 Å². The summed E-state index contributed by atoms with van der Waals surface area (Å²) in [5, 5.41) is 2.85. The van der Waals surface area contributed by atoms with Gasteiger partial charge < -0.3 is 10.1 Å².